The highest BCUT2D eigenvalue weighted by Gasteiger charge is 2.26. The van der Waals surface area contributed by atoms with Crippen molar-refractivity contribution in [1.82, 2.24) is 0 Å². The molecular weight excluding hydrogens is 172 g/mol. The van der Waals surface area contributed by atoms with E-state index in [4.69, 9.17) is 0 Å². The molecule has 0 fully saturated rings. The summed E-state index contributed by atoms with van der Waals surface area (Å²) in [5, 5.41) is 10.2. The standard InChI is InChI=1S/C13H20O/c1-5-11-6-8-12(9-7-11)13(4,14)10(2)3/h6-10,14H,5H2,1-4H3. The van der Waals surface area contributed by atoms with E-state index in [-0.39, 0.29) is 5.92 Å². The van der Waals surface area contributed by atoms with Crippen molar-refractivity contribution in [3.05, 3.63) is 35.4 Å². The molecule has 1 atom stereocenters. The Morgan fingerprint density at radius 1 is 1.21 bits per heavy atom. The number of aryl methyl sites for hydroxylation is 1. The molecule has 78 valence electrons. The van der Waals surface area contributed by atoms with Gasteiger partial charge in [0.25, 0.3) is 0 Å². The largest absolute Gasteiger partial charge is 0.385 e. The molecule has 0 aliphatic carbocycles. The first-order valence-corrected chi connectivity index (χ1v) is 5.30. The summed E-state index contributed by atoms with van der Waals surface area (Å²) in [6.07, 6.45) is 1.05. The third-order valence-electron chi connectivity index (χ3n) is 3.07. The van der Waals surface area contributed by atoms with Gasteiger partial charge in [0.1, 0.15) is 0 Å². The molecule has 0 saturated carbocycles. The highest BCUT2D eigenvalue weighted by molar-refractivity contribution is 5.27. The third kappa shape index (κ3) is 2.16. The predicted octanol–water partition coefficient (Wildman–Crippen LogP) is 3.11. The van der Waals surface area contributed by atoms with Crippen LogP contribution in [0, 0.1) is 5.92 Å². The van der Waals surface area contributed by atoms with Gasteiger partial charge < -0.3 is 5.11 Å². The average molecular weight is 192 g/mol. The average Bonchev–Trinajstić information content (AvgIpc) is 2.17. The van der Waals surface area contributed by atoms with Crippen LogP contribution in [0.5, 0.6) is 0 Å². The van der Waals surface area contributed by atoms with Gasteiger partial charge in [0.15, 0.2) is 0 Å². The Labute approximate surface area is 86.8 Å². The van der Waals surface area contributed by atoms with Crippen LogP contribution in [0.1, 0.15) is 38.8 Å². The van der Waals surface area contributed by atoms with Crippen molar-refractivity contribution in [2.45, 2.75) is 39.7 Å². The molecule has 0 amide bonds. The summed E-state index contributed by atoms with van der Waals surface area (Å²) in [5.74, 6) is 0.231. The fourth-order valence-corrected chi connectivity index (χ4v) is 1.41. The van der Waals surface area contributed by atoms with Crippen molar-refractivity contribution in [2.75, 3.05) is 0 Å². The minimum atomic E-state index is -0.716. The van der Waals surface area contributed by atoms with Crippen molar-refractivity contribution in [1.29, 1.82) is 0 Å². The topological polar surface area (TPSA) is 20.2 Å². The summed E-state index contributed by atoms with van der Waals surface area (Å²) < 4.78 is 0. The van der Waals surface area contributed by atoms with Gasteiger partial charge >= 0.3 is 0 Å². The maximum Gasteiger partial charge on any atom is 0.0891 e. The monoisotopic (exact) mass is 192 g/mol. The van der Waals surface area contributed by atoms with E-state index in [0.717, 1.165) is 12.0 Å². The molecule has 0 radical (unpaired) electrons. The molecule has 0 aromatic heterocycles. The SMILES string of the molecule is CCc1ccc(C(C)(O)C(C)C)cc1. The molecule has 0 saturated heterocycles. The van der Waals surface area contributed by atoms with Crippen molar-refractivity contribution in [2.24, 2.45) is 5.92 Å². The number of hydrogen-bond acceptors (Lipinski definition) is 1. The number of hydrogen-bond donors (Lipinski definition) is 1. The zero-order valence-electron chi connectivity index (χ0n) is 9.54. The molecule has 1 nitrogen and oxygen atoms in total. The molecule has 1 N–H and O–H groups in total. The van der Waals surface area contributed by atoms with Crippen molar-refractivity contribution >= 4 is 0 Å². The second kappa shape index (κ2) is 4.14. The van der Waals surface area contributed by atoms with Crippen LogP contribution in [0.4, 0.5) is 0 Å². The Morgan fingerprint density at radius 2 is 1.71 bits per heavy atom. The smallest absolute Gasteiger partial charge is 0.0891 e. The van der Waals surface area contributed by atoms with Crippen molar-refractivity contribution in [3.63, 3.8) is 0 Å². The van der Waals surface area contributed by atoms with E-state index < -0.39 is 5.60 Å². The van der Waals surface area contributed by atoms with E-state index >= 15 is 0 Å². The van der Waals surface area contributed by atoms with Gasteiger partial charge in [-0.3, -0.25) is 0 Å². The van der Waals surface area contributed by atoms with Crippen LogP contribution in [0.25, 0.3) is 0 Å². The van der Waals surface area contributed by atoms with Gasteiger partial charge in [-0.25, -0.2) is 0 Å². The molecule has 1 aromatic carbocycles. The van der Waals surface area contributed by atoms with Crippen LogP contribution < -0.4 is 0 Å². The lowest BCUT2D eigenvalue weighted by molar-refractivity contribution is 0.00904. The Kier molecular flexibility index (Phi) is 3.33. The second-order valence-electron chi connectivity index (χ2n) is 4.35. The van der Waals surface area contributed by atoms with Crippen LogP contribution in [0.3, 0.4) is 0 Å². The predicted molar refractivity (Wildman–Crippen MR) is 60.2 cm³/mol. The quantitative estimate of drug-likeness (QED) is 0.780. The molecule has 0 aliphatic rings. The van der Waals surface area contributed by atoms with E-state index in [2.05, 4.69) is 19.1 Å². The van der Waals surface area contributed by atoms with Crippen LogP contribution in [0.2, 0.25) is 0 Å². The van der Waals surface area contributed by atoms with E-state index in [9.17, 15) is 5.11 Å². The zero-order chi connectivity index (χ0) is 10.8. The van der Waals surface area contributed by atoms with E-state index in [1.165, 1.54) is 5.56 Å². The second-order valence-corrected chi connectivity index (χ2v) is 4.35. The first-order valence-electron chi connectivity index (χ1n) is 5.30. The minimum Gasteiger partial charge on any atom is -0.385 e. The number of benzene rings is 1. The summed E-state index contributed by atoms with van der Waals surface area (Å²) in [4.78, 5) is 0. The Balaban J connectivity index is 2.97. The van der Waals surface area contributed by atoms with E-state index in [1.54, 1.807) is 0 Å². The maximum atomic E-state index is 10.2. The summed E-state index contributed by atoms with van der Waals surface area (Å²) in [6, 6.07) is 8.23. The highest BCUT2D eigenvalue weighted by atomic mass is 16.3. The van der Waals surface area contributed by atoms with E-state index in [0.29, 0.717) is 0 Å². The normalized spacial score (nSPS) is 15.6. The first-order chi connectivity index (χ1) is 6.48. The Bertz CT molecular complexity index is 283. The number of rotatable bonds is 3. The van der Waals surface area contributed by atoms with Crippen LogP contribution >= 0.6 is 0 Å². The lowest BCUT2D eigenvalue weighted by Crippen LogP contribution is -2.27. The van der Waals surface area contributed by atoms with Crippen LogP contribution in [-0.4, -0.2) is 5.11 Å². The summed E-state index contributed by atoms with van der Waals surface area (Å²) in [6.45, 7) is 8.08. The molecule has 14 heavy (non-hydrogen) atoms. The van der Waals surface area contributed by atoms with Gasteiger partial charge in [0, 0.05) is 0 Å². The minimum absolute atomic E-state index is 0.231. The fraction of sp³-hybridized carbons (Fsp3) is 0.538. The number of aliphatic hydroxyl groups is 1. The molecule has 1 unspecified atom stereocenters. The van der Waals surface area contributed by atoms with Gasteiger partial charge in [-0.15, -0.1) is 0 Å². The summed E-state index contributed by atoms with van der Waals surface area (Å²) in [7, 11) is 0. The molecule has 1 rings (SSSR count). The zero-order valence-corrected chi connectivity index (χ0v) is 9.54. The molecular formula is C13H20O. The van der Waals surface area contributed by atoms with Gasteiger partial charge in [-0.1, -0.05) is 45.0 Å². The van der Waals surface area contributed by atoms with Crippen LogP contribution in [-0.2, 0) is 12.0 Å². The molecule has 0 heterocycles. The first kappa shape index (κ1) is 11.3. The molecule has 0 bridgehead atoms. The summed E-state index contributed by atoms with van der Waals surface area (Å²) >= 11 is 0. The lowest BCUT2D eigenvalue weighted by Gasteiger charge is -2.28. The molecule has 0 aliphatic heterocycles. The Morgan fingerprint density at radius 3 is 2.07 bits per heavy atom. The van der Waals surface area contributed by atoms with Crippen molar-refractivity contribution in [3.8, 4) is 0 Å². The maximum absolute atomic E-state index is 10.2. The van der Waals surface area contributed by atoms with E-state index in [1.807, 2.05) is 32.9 Å². The molecule has 1 aromatic rings. The van der Waals surface area contributed by atoms with Gasteiger partial charge in [-0.2, -0.15) is 0 Å². The van der Waals surface area contributed by atoms with Crippen molar-refractivity contribution < 1.29 is 5.11 Å². The fourth-order valence-electron chi connectivity index (χ4n) is 1.41. The molecule has 1 heteroatoms. The summed E-state index contributed by atoms with van der Waals surface area (Å²) in [5.41, 5.74) is 1.60. The highest BCUT2D eigenvalue weighted by Crippen LogP contribution is 2.28. The van der Waals surface area contributed by atoms with Gasteiger partial charge in [0.2, 0.25) is 0 Å². The Hall–Kier alpha value is -0.820. The van der Waals surface area contributed by atoms with Gasteiger partial charge in [-0.05, 0) is 30.4 Å². The van der Waals surface area contributed by atoms with Crippen LogP contribution in [0.15, 0.2) is 24.3 Å². The molecule has 0 spiro atoms. The third-order valence-corrected chi connectivity index (χ3v) is 3.07. The lowest BCUT2D eigenvalue weighted by atomic mass is 9.85. The van der Waals surface area contributed by atoms with Gasteiger partial charge in [0.05, 0.1) is 5.60 Å².